The van der Waals surface area contributed by atoms with Crippen molar-refractivity contribution in [3.8, 4) is 0 Å². The lowest BCUT2D eigenvalue weighted by atomic mass is 10.4. The molecule has 0 radical (unpaired) electrons. The largest absolute Gasteiger partial charge is 0.309 e. The number of hydrogen-bond donors (Lipinski definition) is 2. The molecular formula is C9H20N4O. The zero-order valence-electron chi connectivity index (χ0n) is 9.05. The Morgan fingerprint density at radius 3 is 2.50 bits per heavy atom. The molecule has 1 heterocycles. The maximum absolute atomic E-state index is 11.3. The van der Waals surface area contributed by atoms with E-state index in [9.17, 15) is 4.79 Å². The summed E-state index contributed by atoms with van der Waals surface area (Å²) in [5.74, 6) is 0.0522. The van der Waals surface area contributed by atoms with E-state index in [4.69, 9.17) is 0 Å². The lowest BCUT2D eigenvalue weighted by molar-refractivity contribution is -0.125. The molecule has 0 bridgehead atoms. The molecule has 0 spiro atoms. The second-order valence-electron chi connectivity index (χ2n) is 3.61. The van der Waals surface area contributed by atoms with Gasteiger partial charge in [0, 0.05) is 26.2 Å². The molecule has 14 heavy (non-hydrogen) atoms. The number of likely N-dealkylation sites (N-methyl/N-ethyl adjacent to an activating group) is 2. The van der Waals surface area contributed by atoms with Gasteiger partial charge in [0.25, 0.3) is 0 Å². The Hall–Kier alpha value is -0.650. The van der Waals surface area contributed by atoms with Crippen molar-refractivity contribution in [3.63, 3.8) is 0 Å². The van der Waals surface area contributed by atoms with Gasteiger partial charge in [-0.1, -0.05) is 6.92 Å². The van der Waals surface area contributed by atoms with Crippen LogP contribution < -0.4 is 10.7 Å². The van der Waals surface area contributed by atoms with Crippen molar-refractivity contribution in [2.75, 3.05) is 46.3 Å². The van der Waals surface area contributed by atoms with Crippen LogP contribution >= 0.6 is 0 Å². The molecule has 1 aliphatic heterocycles. The standard InChI is InChI=1S/C9H20N4O/c1-3-10-8-9(14)11-13-6-4-12(2)5-7-13/h10H,3-8H2,1-2H3,(H,11,14). The number of hydrazine groups is 1. The fraction of sp³-hybridized carbons (Fsp3) is 0.889. The Bertz CT molecular complexity index is 178. The number of nitrogens with zero attached hydrogens (tertiary/aromatic N) is 2. The second-order valence-corrected chi connectivity index (χ2v) is 3.61. The fourth-order valence-electron chi connectivity index (χ4n) is 1.37. The minimum absolute atomic E-state index is 0.0522. The number of carbonyl (C=O) groups is 1. The van der Waals surface area contributed by atoms with Gasteiger partial charge in [-0.3, -0.25) is 10.2 Å². The topological polar surface area (TPSA) is 47.6 Å². The van der Waals surface area contributed by atoms with Gasteiger partial charge < -0.3 is 10.2 Å². The van der Waals surface area contributed by atoms with Crippen LogP contribution in [0.1, 0.15) is 6.92 Å². The Morgan fingerprint density at radius 2 is 1.93 bits per heavy atom. The monoisotopic (exact) mass is 200 g/mol. The summed E-state index contributed by atoms with van der Waals surface area (Å²) >= 11 is 0. The van der Waals surface area contributed by atoms with Gasteiger partial charge in [-0.05, 0) is 13.6 Å². The molecule has 5 nitrogen and oxygen atoms in total. The van der Waals surface area contributed by atoms with E-state index < -0.39 is 0 Å². The number of carbonyl (C=O) groups excluding carboxylic acids is 1. The maximum atomic E-state index is 11.3. The molecule has 0 saturated carbocycles. The number of piperazine rings is 1. The highest BCUT2D eigenvalue weighted by Crippen LogP contribution is 1.94. The maximum Gasteiger partial charge on any atom is 0.248 e. The van der Waals surface area contributed by atoms with Gasteiger partial charge in [0.1, 0.15) is 0 Å². The predicted octanol–water partition coefficient (Wildman–Crippen LogP) is -1.13. The molecule has 1 saturated heterocycles. The molecule has 0 aromatic carbocycles. The smallest absolute Gasteiger partial charge is 0.248 e. The fourth-order valence-corrected chi connectivity index (χ4v) is 1.37. The summed E-state index contributed by atoms with van der Waals surface area (Å²) in [6, 6.07) is 0. The van der Waals surface area contributed by atoms with Gasteiger partial charge >= 0.3 is 0 Å². The second kappa shape index (κ2) is 5.95. The summed E-state index contributed by atoms with van der Waals surface area (Å²) in [7, 11) is 2.10. The van der Waals surface area contributed by atoms with Crippen molar-refractivity contribution in [1.82, 2.24) is 20.7 Å². The minimum Gasteiger partial charge on any atom is -0.309 e. The molecule has 1 rings (SSSR count). The van der Waals surface area contributed by atoms with Gasteiger partial charge in [-0.2, -0.15) is 0 Å². The summed E-state index contributed by atoms with van der Waals surface area (Å²) in [6.07, 6.45) is 0. The van der Waals surface area contributed by atoms with E-state index in [0.29, 0.717) is 6.54 Å². The molecule has 2 N–H and O–H groups in total. The molecule has 0 aromatic heterocycles. The molecule has 0 unspecified atom stereocenters. The third-order valence-electron chi connectivity index (χ3n) is 2.32. The summed E-state index contributed by atoms with van der Waals surface area (Å²) < 4.78 is 0. The van der Waals surface area contributed by atoms with Crippen LogP contribution in [0.5, 0.6) is 0 Å². The van der Waals surface area contributed by atoms with Gasteiger partial charge in [0.2, 0.25) is 5.91 Å². The Labute approximate surface area is 85.4 Å². The predicted molar refractivity (Wildman–Crippen MR) is 55.8 cm³/mol. The summed E-state index contributed by atoms with van der Waals surface area (Å²) in [5.41, 5.74) is 2.88. The molecule has 1 fully saturated rings. The Balaban J connectivity index is 2.14. The van der Waals surface area contributed by atoms with E-state index in [1.54, 1.807) is 0 Å². The van der Waals surface area contributed by atoms with Gasteiger partial charge in [-0.15, -0.1) is 0 Å². The molecular weight excluding hydrogens is 180 g/mol. The zero-order chi connectivity index (χ0) is 10.4. The van der Waals surface area contributed by atoms with Crippen molar-refractivity contribution in [2.45, 2.75) is 6.92 Å². The van der Waals surface area contributed by atoms with Crippen molar-refractivity contribution < 1.29 is 4.79 Å². The van der Waals surface area contributed by atoms with Crippen LogP contribution in [0.2, 0.25) is 0 Å². The highest BCUT2D eigenvalue weighted by molar-refractivity contribution is 5.77. The molecule has 0 aliphatic carbocycles. The SMILES string of the molecule is CCNCC(=O)NN1CCN(C)CC1. The van der Waals surface area contributed by atoms with Crippen molar-refractivity contribution >= 4 is 5.91 Å². The lowest BCUT2D eigenvalue weighted by Gasteiger charge is -2.32. The van der Waals surface area contributed by atoms with Crippen LogP contribution in [0, 0.1) is 0 Å². The van der Waals surface area contributed by atoms with Gasteiger partial charge in [0.15, 0.2) is 0 Å². The van der Waals surface area contributed by atoms with Gasteiger partial charge in [0.05, 0.1) is 6.54 Å². The highest BCUT2D eigenvalue weighted by atomic mass is 16.2. The Kier molecular flexibility index (Phi) is 4.86. The number of rotatable bonds is 4. The molecule has 5 heteroatoms. The number of hydrogen-bond acceptors (Lipinski definition) is 4. The van der Waals surface area contributed by atoms with E-state index in [-0.39, 0.29) is 5.91 Å². The van der Waals surface area contributed by atoms with Crippen molar-refractivity contribution in [1.29, 1.82) is 0 Å². The van der Waals surface area contributed by atoms with Gasteiger partial charge in [-0.25, -0.2) is 5.01 Å². The first kappa shape index (κ1) is 11.4. The Morgan fingerprint density at radius 1 is 1.29 bits per heavy atom. The molecule has 0 aromatic rings. The number of amides is 1. The van der Waals surface area contributed by atoms with Crippen LogP contribution in [0.15, 0.2) is 0 Å². The average Bonchev–Trinajstić information content (AvgIpc) is 2.18. The normalized spacial score (nSPS) is 19.6. The molecule has 1 amide bonds. The quantitative estimate of drug-likeness (QED) is 0.603. The highest BCUT2D eigenvalue weighted by Gasteiger charge is 2.14. The average molecular weight is 200 g/mol. The molecule has 82 valence electrons. The third-order valence-corrected chi connectivity index (χ3v) is 2.32. The number of nitrogens with one attached hydrogen (secondary N) is 2. The third kappa shape index (κ3) is 4.04. The van der Waals surface area contributed by atoms with E-state index in [0.717, 1.165) is 32.7 Å². The first-order chi connectivity index (χ1) is 6.72. The summed E-state index contributed by atoms with van der Waals surface area (Å²) in [6.45, 7) is 7.08. The summed E-state index contributed by atoms with van der Waals surface area (Å²) in [4.78, 5) is 13.6. The van der Waals surface area contributed by atoms with Crippen LogP contribution in [-0.2, 0) is 4.79 Å². The molecule has 0 atom stereocenters. The molecule has 1 aliphatic rings. The van der Waals surface area contributed by atoms with E-state index in [1.165, 1.54) is 0 Å². The van der Waals surface area contributed by atoms with E-state index in [2.05, 4.69) is 22.7 Å². The lowest BCUT2D eigenvalue weighted by Crippen LogP contribution is -2.54. The first-order valence-corrected chi connectivity index (χ1v) is 5.16. The van der Waals surface area contributed by atoms with Crippen LogP contribution in [0.3, 0.4) is 0 Å². The minimum atomic E-state index is 0.0522. The van der Waals surface area contributed by atoms with Crippen molar-refractivity contribution in [2.24, 2.45) is 0 Å². The van der Waals surface area contributed by atoms with Crippen LogP contribution in [0.4, 0.5) is 0 Å². The summed E-state index contributed by atoms with van der Waals surface area (Å²) in [5, 5.41) is 4.98. The van der Waals surface area contributed by atoms with Crippen molar-refractivity contribution in [3.05, 3.63) is 0 Å². The zero-order valence-corrected chi connectivity index (χ0v) is 9.05. The van der Waals surface area contributed by atoms with Crippen LogP contribution in [-0.4, -0.2) is 62.1 Å². The van der Waals surface area contributed by atoms with E-state index >= 15 is 0 Å². The first-order valence-electron chi connectivity index (χ1n) is 5.16. The van der Waals surface area contributed by atoms with E-state index in [1.807, 2.05) is 11.9 Å². The van der Waals surface area contributed by atoms with Crippen LogP contribution in [0.25, 0.3) is 0 Å².